The average Bonchev–Trinajstić information content (AvgIpc) is 2.42. The molecular formula is C15H31N3O2S2. The van der Waals surface area contributed by atoms with Crippen LogP contribution in [-0.2, 0) is 9.84 Å². The van der Waals surface area contributed by atoms with Crippen molar-refractivity contribution in [3.8, 4) is 0 Å². The first-order chi connectivity index (χ1) is 10.1. The second kappa shape index (κ2) is 7.90. The molecule has 1 N–H and O–H groups in total. The number of hydrogen-bond acceptors (Lipinski definition) is 4. The van der Waals surface area contributed by atoms with Gasteiger partial charge in [-0.1, -0.05) is 13.8 Å². The summed E-state index contributed by atoms with van der Waals surface area (Å²) in [5.74, 6) is 2.66. The smallest absolute Gasteiger partial charge is 0.193 e. The molecule has 0 aromatic heterocycles. The van der Waals surface area contributed by atoms with Gasteiger partial charge in [0.05, 0.1) is 10.5 Å². The molecule has 1 fully saturated rings. The second-order valence-electron chi connectivity index (χ2n) is 7.00. The van der Waals surface area contributed by atoms with Gasteiger partial charge in [-0.2, -0.15) is 11.8 Å². The SMILES string of the molecule is CN=C(NCCS(=O)(=O)C(C)(C)C)N1CCSC(C(C)C)C1. The highest BCUT2D eigenvalue weighted by Crippen LogP contribution is 2.24. The van der Waals surface area contributed by atoms with E-state index in [1.165, 1.54) is 0 Å². The van der Waals surface area contributed by atoms with Crippen molar-refractivity contribution in [1.29, 1.82) is 0 Å². The highest BCUT2D eigenvalue weighted by atomic mass is 32.2. The predicted octanol–water partition coefficient (Wildman–Crippen LogP) is 1.85. The molecular weight excluding hydrogens is 318 g/mol. The number of nitrogens with zero attached hydrogens (tertiary/aromatic N) is 2. The quantitative estimate of drug-likeness (QED) is 0.620. The number of hydrogen-bond donors (Lipinski definition) is 1. The minimum atomic E-state index is -3.10. The Kier molecular flexibility index (Phi) is 7.05. The lowest BCUT2D eigenvalue weighted by Gasteiger charge is -2.36. The zero-order valence-corrected chi connectivity index (χ0v) is 16.4. The lowest BCUT2D eigenvalue weighted by molar-refractivity contribution is 0.382. The van der Waals surface area contributed by atoms with Crippen molar-refractivity contribution in [3.05, 3.63) is 0 Å². The molecule has 1 unspecified atom stereocenters. The molecule has 0 aliphatic carbocycles. The summed E-state index contributed by atoms with van der Waals surface area (Å²) in [6.07, 6.45) is 0. The fourth-order valence-corrected chi connectivity index (χ4v) is 4.49. The molecule has 5 nitrogen and oxygen atoms in total. The van der Waals surface area contributed by atoms with Crippen LogP contribution in [0.4, 0.5) is 0 Å². The molecule has 0 amide bonds. The lowest BCUT2D eigenvalue weighted by Crippen LogP contribution is -2.50. The standard InChI is InChI=1S/C15H31N3O2S2/c1-12(2)13-11-18(8-9-21-13)14(16-6)17-7-10-22(19,20)15(3,4)5/h12-13H,7-11H2,1-6H3,(H,16,17). The third kappa shape index (κ3) is 5.33. The molecule has 0 spiro atoms. The van der Waals surface area contributed by atoms with Crippen molar-refractivity contribution in [3.63, 3.8) is 0 Å². The highest BCUT2D eigenvalue weighted by Gasteiger charge is 2.29. The number of guanidine groups is 1. The van der Waals surface area contributed by atoms with Crippen LogP contribution < -0.4 is 5.32 Å². The van der Waals surface area contributed by atoms with Crippen molar-refractivity contribution >= 4 is 27.6 Å². The van der Waals surface area contributed by atoms with Gasteiger partial charge in [0, 0.05) is 37.7 Å². The van der Waals surface area contributed by atoms with E-state index in [4.69, 9.17) is 0 Å². The molecule has 0 bridgehead atoms. The number of aliphatic imine (C=N–C) groups is 1. The summed E-state index contributed by atoms with van der Waals surface area (Å²) >= 11 is 2.01. The Labute approximate surface area is 140 Å². The van der Waals surface area contributed by atoms with Gasteiger partial charge in [0.25, 0.3) is 0 Å². The Bertz CT molecular complexity index is 482. The first-order valence-electron chi connectivity index (χ1n) is 7.88. The topological polar surface area (TPSA) is 61.8 Å². The molecule has 22 heavy (non-hydrogen) atoms. The molecule has 0 radical (unpaired) electrons. The van der Waals surface area contributed by atoms with E-state index in [0.29, 0.717) is 17.7 Å². The van der Waals surface area contributed by atoms with E-state index in [1.54, 1.807) is 27.8 Å². The molecule has 1 heterocycles. The van der Waals surface area contributed by atoms with Crippen LogP contribution in [0.2, 0.25) is 0 Å². The third-order valence-corrected chi connectivity index (χ3v) is 8.08. The lowest BCUT2D eigenvalue weighted by atomic mass is 10.1. The minimum Gasteiger partial charge on any atom is -0.355 e. The van der Waals surface area contributed by atoms with E-state index >= 15 is 0 Å². The van der Waals surface area contributed by atoms with Gasteiger partial charge in [0.1, 0.15) is 0 Å². The van der Waals surface area contributed by atoms with Gasteiger partial charge >= 0.3 is 0 Å². The van der Waals surface area contributed by atoms with Gasteiger partial charge in [-0.3, -0.25) is 4.99 Å². The van der Waals surface area contributed by atoms with Crippen LogP contribution in [0.15, 0.2) is 4.99 Å². The molecule has 1 saturated heterocycles. The van der Waals surface area contributed by atoms with Crippen molar-refractivity contribution in [2.75, 3.05) is 38.2 Å². The van der Waals surface area contributed by atoms with E-state index in [1.807, 2.05) is 11.8 Å². The number of nitrogens with one attached hydrogen (secondary N) is 1. The molecule has 0 aromatic rings. The van der Waals surface area contributed by atoms with E-state index in [-0.39, 0.29) is 5.75 Å². The summed E-state index contributed by atoms with van der Waals surface area (Å²) in [6, 6.07) is 0. The summed E-state index contributed by atoms with van der Waals surface area (Å²) < 4.78 is 23.6. The molecule has 0 saturated carbocycles. The first kappa shape index (κ1) is 19.6. The number of sulfone groups is 1. The summed E-state index contributed by atoms with van der Waals surface area (Å²) in [4.78, 5) is 6.56. The third-order valence-electron chi connectivity index (χ3n) is 3.94. The van der Waals surface area contributed by atoms with Crippen LogP contribution >= 0.6 is 11.8 Å². The van der Waals surface area contributed by atoms with Gasteiger partial charge < -0.3 is 10.2 Å². The maximum absolute atomic E-state index is 12.1. The van der Waals surface area contributed by atoms with Crippen molar-refractivity contribution in [2.45, 2.75) is 44.6 Å². The maximum atomic E-state index is 12.1. The Hall–Kier alpha value is -0.430. The van der Waals surface area contributed by atoms with E-state index in [9.17, 15) is 8.42 Å². The van der Waals surface area contributed by atoms with Gasteiger partial charge in [-0.05, 0) is 26.7 Å². The van der Waals surface area contributed by atoms with E-state index in [2.05, 4.69) is 29.1 Å². The van der Waals surface area contributed by atoms with Crippen LogP contribution in [-0.4, -0.2) is 67.5 Å². The summed E-state index contributed by atoms with van der Waals surface area (Å²) in [7, 11) is -1.34. The number of rotatable bonds is 4. The van der Waals surface area contributed by atoms with E-state index < -0.39 is 14.6 Å². The Morgan fingerprint density at radius 2 is 2.05 bits per heavy atom. The molecule has 130 valence electrons. The normalized spacial score (nSPS) is 21.3. The molecule has 1 atom stereocenters. The first-order valence-corrected chi connectivity index (χ1v) is 10.6. The van der Waals surface area contributed by atoms with Gasteiger partial charge in [-0.25, -0.2) is 8.42 Å². The fourth-order valence-electron chi connectivity index (χ4n) is 2.21. The van der Waals surface area contributed by atoms with Crippen molar-refractivity contribution in [2.24, 2.45) is 10.9 Å². The van der Waals surface area contributed by atoms with Crippen LogP contribution in [0, 0.1) is 5.92 Å². The Morgan fingerprint density at radius 1 is 1.41 bits per heavy atom. The fraction of sp³-hybridized carbons (Fsp3) is 0.933. The van der Waals surface area contributed by atoms with Crippen LogP contribution in [0.5, 0.6) is 0 Å². The summed E-state index contributed by atoms with van der Waals surface area (Å²) in [6.45, 7) is 12.0. The second-order valence-corrected chi connectivity index (χ2v) is 11.2. The van der Waals surface area contributed by atoms with Crippen LogP contribution in [0.25, 0.3) is 0 Å². The monoisotopic (exact) mass is 349 g/mol. The minimum absolute atomic E-state index is 0.131. The zero-order valence-electron chi connectivity index (χ0n) is 14.7. The average molecular weight is 350 g/mol. The molecule has 1 aliphatic rings. The number of thioether (sulfide) groups is 1. The largest absolute Gasteiger partial charge is 0.355 e. The van der Waals surface area contributed by atoms with Crippen LogP contribution in [0.1, 0.15) is 34.6 Å². The van der Waals surface area contributed by atoms with Gasteiger partial charge in [0.15, 0.2) is 15.8 Å². The van der Waals surface area contributed by atoms with E-state index in [0.717, 1.165) is 24.8 Å². The molecule has 1 rings (SSSR count). The van der Waals surface area contributed by atoms with Crippen LogP contribution in [0.3, 0.4) is 0 Å². The van der Waals surface area contributed by atoms with Gasteiger partial charge in [0.2, 0.25) is 0 Å². The molecule has 0 aromatic carbocycles. The maximum Gasteiger partial charge on any atom is 0.193 e. The Balaban J connectivity index is 2.56. The zero-order chi connectivity index (χ0) is 17.0. The molecule has 1 aliphatic heterocycles. The van der Waals surface area contributed by atoms with Crippen molar-refractivity contribution in [1.82, 2.24) is 10.2 Å². The predicted molar refractivity (Wildman–Crippen MR) is 97.6 cm³/mol. The Morgan fingerprint density at radius 3 is 2.55 bits per heavy atom. The molecule has 7 heteroatoms. The highest BCUT2D eigenvalue weighted by molar-refractivity contribution is 8.00. The van der Waals surface area contributed by atoms with Crippen molar-refractivity contribution < 1.29 is 8.42 Å². The van der Waals surface area contributed by atoms with Gasteiger partial charge in [-0.15, -0.1) is 0 Å². The summed E-state index contributed by atoms with van der Waals surface area (Å²) in [5.41, 5.74) is 0. The summed E-state index contributed by atoms with van der Waals surface area (Å²) in [5, 5.41) is 3.82.